The third kappa shape index (κ3) is 5.05. The average Bonchev–Trinajstić information content (AvgIpc) is 2.49. The van der Waals surface area contributed by atoms with Crippen molar-refractivity contribution in [2.24, 2.45) is 0 Å². The van der Waals surface area contributed by atoms with Crippen molar-refractivity contribution in [3.63, 3.8) is 0 Å². The number of nitrogens with zero attached hydrogens (tertiary/aromatic N) is 1. The molecule has 1 atom stereocenters. The summed E-state index contributed by atoms with van der Waals surface area (Å²) in [5.74, 6) is 0. The van der Waals surface area contributed by atoms with Gasteiger partial charge in [0.2, 0.25) is 0 Å². The van der Waals surface area contributed by atoms with Crippen molar-refractivity contribution in [1.29, 1.82) is 0 Å². The molecule has 116 valence electrons. The molecule has 2 N–H and O–H groups in total. The van der Waals surface area contributed by atoms with Gasteiger partial charge in [0.15, 0.2) is 0 Å². The molecule has 0 saturated heterocycles. The molecule has 4 heteroatoms. The average molecular weight is 289 g/mol. The Morgan fingerprint density at radius 1 is 1.19 bits per heavy atom. The van der Waals surface area contributed by atoms with Gasteiger partial charge in [-0.1, -0.05) is 49.6 Å². The highest BCUT2D eigenvalue weighted by atomic mass is 16.2. The van der Waals surface area contributed by atoms with Gasteiger partial charge in [0.1, 0.15) is 0 Å². The Hall–Kier alpha value is -1.55. The molecule has 4 nitrogen and oxygen atoms in total. The van der Waals surface area contributed by atoms with Crippen molar-refractivity contribution in [2.45, 2.75) is 44.2 Å². The quantitative estimate of drug-likeness (QED) is 0.875. The molecule has 1 aromatic rings. The maximum atomic E-state index is 12.0. The first-order valence-corrected chi connectivity index (χ1v) is 7.92. The van der Waals surface area contributed by atoms with Crippen LogP contribution in [0.1, 0.15) is 43.7 Å². The summed E-state index contributed by atoms with van der Waals surface area (Å²) in [6.07, 6.45) is 5.99. The van der Waals surface area contributed by atoms with Crippen LogP contribution in [0.3, 0.4) is 0 Å². The second-order valence-electron chi connectivity index (χ2n) is 6.08. The van der Waals surface area contributed by atoms with Crippen molar-refractivity contribution in [1.82, 2.24) is 15.5 Å². The summed E-state index contributed by atoms with van der Waals surface area (Å²) >= 11 is 0. The zero-order valence-electron chi connectivity index (χ0n) is 13.1. The van der Waals surface area contributed by atoms with Gasteiger partial charge in [0.05, 0.1) is 6.04 Å². The summed E-state index contributed by atoms with van der Waals surface area (Å²) in [4.78, 5) is 14.2. The molecule has 1 fully saturated rings. The van der Waals surface area contributed by atoms with Gasteiger partial charge in [0.25, 0.3) is 0 Å². The second kappa shape index (κ2) is 8.03. The molecule has 0 aromatic heterocycles. The molecule has 1 aliphatic carbocycles. The van der Waals surface area contributed by atoms with Gasteiger partial charge in [-0.2, -0.15) is 0 Å². The summed E-state index contributed by atoms with van der Waals surface area (Å²) in [7, 11) is 4.08. The summed E-state index contributed by atoms with van der Waals surface area (Å²) < 4.78 is 0. The Labute approximate surface area is 127 Å². The van der Waals surface area contributed by atoms with E-state index in [0.717, 1.165) is 12.8 Å². The van der Waals surface area contributed by atoms with E-state index in [0.29, 0.717) is 12.6 Å². The van der Waals surface area contributed by atoms with Crippen LogP contribution in [0.4, 0.5) is 4.79 Å². The number of urea groups is 1. The van der Waals surface area contributed by atoms with Crippen LogP contribution in [0.2, 0.25) is 0 Å². The summed E-state index contributed by atoms with van der Waals surface area (Å²) in [5.41, 5.74) is 1.22. The van der Waals surface area contributed by atoms with E-state index in [1.54, 1.807) is 0 Å². The van der Waals surface area contributed by atoms with E-state index >= 15 is 0 Å². The van der Waals surface area contributed by atoms with Gasteiger partial charge >= 0.3 is 6.03 Å². The lowest BCUT2D eigenvalue weighted by molar-refractivity contribution is 0.225. The number of benzene rings is 1. The molecule has 2 rings (SSSR count). The van der Waals surface area contributed by atoms with Crippen molar-refractivity contribution in [2.75, 3.05) is 20.6 Å². The van der Waals surface area contributed by atoms with Crippen LogP contribution >= 0.6 is 0 Å². The minimum Gasteiger partial charge on any atom is -0.336 e. The molecule has 0 heterocycles. The summed E-state index contributed by atoms with van der Waals surface area (Å²) in [5, 5.41) is 6.11. The van der Waals surface area contributed by atoms with Crippen LogP contribution in [-0.2, 0) is 0 Å². The topological polar surface area (TPSA) is 44.4 Å². The van der Waals surface area contributed by atoms with Gasteiger partial charge in [-0.3, -0.25) is 0 Å². The molecule has 0 unspecified atom stereocenters. The van der Waals surface area contributed by atoms with Crippen LogP contribution in [0.5, 0.6) is 0 Å². The number of carbonyl (C=O) groups is 1. The number of hydrogen-bond donors (Lipinski definition) is 2. The number of hydrogen-bond acceptors (Lipinski definition) is 2. The molecule has 0 bridgehead atoms. The number of rotatable bonds is 5. The summed E-state index contributed by atoms with van der Waals surface area (Å²) in [6, 6.07) is 10.8. The predicted octanol–water partition coefficient (Wildman–Crippen LogP) is 2.92. The van der Waals surface area contributed by atoms with Crippen molar-refractivity contribution < 1.29 is 4.79 Å². The first-order chi connectivity index (χ1) is 10.2. The largest absolute Gasteiger partial charge is 0.336 e. The highest BCUT2D eigenvalue weighted by molar-refractivity contribution is 5.74. The van der Waals surface area contributed by atoms with E-state index in [2.05, 4.69) is 27.7 Å². The van der Waals surface area contributed by atoms with Gasteiger partial charge in [-0.25, -0.2) is 4.79 Å². The van der Waals surface area contributed by atoms with E-state index in [1.165, 1.54) is 24.8 Å². The smallest absolute Gasteiger partial charge is 0.315 e. The fraction of sp³-hybridized carbons (Fsp3) is 0.588. The van der Waals surface area contributed by atoms with Crippen molar-refractivity contribution >= 4 is 6.03 Å². The van der Waals surface area contributed by atoms with E-state index < -0.39 is 0 Å². The minimum atomic E-state index is -0.0373. The summed E-state index contributed by atoms with van der Waals surface area (Å²) in [6.45, 7) is 0.621. The van der Waals surface area contributed by atoms with E-state index in [9.17, 15) is 4.79 Å². The number of nitrogens with one attached hydrogen (secondary N) is 2. The Morgan fingerprint density at radius 3 is 2.48 bits per heavy atom. The lowest BCUT2D eigenvalue weighted by Crippen LogP contribution is -2.45. The van der Waals surface area contributed by atoms with Crippen LogP contribution in [-0.4, -0.2) is 37.6 Å². The maximum Gasteiger partial charge on any atom is 0.315 e. The molecular formula is C17H27N3O. The normalized spacial score (nSPS) is 17.5. The predicted molar refractivity (Wildman–Crippen MR) is 86.3 cm³/mol. The Kier molecular flexibility index (Phi) is 6.05. The van der Waals surface area contributed by atoms with Gasteiger partial charge in [-0.15, -0.1) is 0 Å². The molecule has 21 heavy (non-hydrogen) atoms. The lowest BCUT2D eigenvalue weighted by atomic mass is 9.96. The second-order valence-corrected chi connectivity index (χ2v) is 6.08. The third-order valence-electron chi connectivity index (χ3n) is 4.20. The number of carbonyl (C=O) groups excluding carboxylic acids is 1. The van der Waals surface area contributed by atoms with Crippen LogP contribution < -0.4 is 10.6 Å². The monoisotopic (exact) mass is 289 g/mol. The SMILES string of the molecule is CN(C)[C@H](CNC(=O)NC1CCCCC1)c1ccccc1. The van der Waals surface area contributed by atoms with Gasteiger partial charge in [0, 0.05) is 12.6 Å². The first-order valence-electron chi connectivity index (χ1n) is 7.92. The van der Waals surface area contributed by atoms with Crippen LogP contribution in [0, 0.1) is 0 Å². The van der Waals surface area contributed by atoms with Gasteiger partial charge < -0.3 is 15.5 Å². The van der Waals surface area contributed by atoms with E-state index in [4.69, 9.17) is 0 Å². The Morgan fingerprint density at radius 2 is 1.86 bits per heavy atom. The maximum absolute atomic E-state index is 12.0. The number of amides is 2. The molecule has 0 radical (unpaired) electrons. The molecule has 2 amide bonds. The Balaban J connectivity index is 1.82. The number of likely N-dealkylation sites (N-methyl/N-ethyl adjacent to an activating group) is 1. The van der Waals surface area contributed by atoms with E-state index in [1.807, 2.05) is 32.3 Å². The third-order valence-corrected chi connectivity index (χ3v) is 4.20. The Bertz CT molecular complexity index is 427. The molecule has 0 spiro atoms. The van der Waals surface area contributed by atoms with Crippen molar-refractivity contribution in [3.8, 4) is 0 Å². The minimum absolute atomic E-state index is 0.0373. The molecule has 0 aliphatic heterocycles. The first kappa shape index (κ1) is 15.8. The van der Waals surface area contributed by atoms with E-state index in [-0.39, 0.29) is 12.1 Å². The fourth-order valence-electron chi connectivity index (χ4n) is 2.95. The fourth-order valence-corrected chi connectivity index (χ4v) is 2.95. The molecule has 1 saturated carbocycles. The molecular weight excluding hydrogens is 262 g/mol. The van der Waals surface area contributed by atoms with Crippen LogP contribution in [0.15, 0.2) is 30.3 Å². The highest BCUT2D eigenvalue weighted by Gasteiger charge is 2.18. The zero-order chi connectivity index (χ0) is 15.1. The molecule has 1 aliphatic rings. The standard InChI is InChI=1S/C17H27N3O/c1-20(2)16(14-9-5-3-6-10-14)13-18-17(21)19-15-11-7-4-8-12-15/h3,5-6,9-10,15-16H,4,7-8,11-13H2,1-2H3,(H2,18,19,21)/t16-/m1/s1. The molecule has 1 aromatic carbocycles. The lowest BCUT2D eigenvalue weighted by Gasteiger charge is -2.27. The van der Waals surface area contributed by atoms with Crippen LogP contribution in [0.25, 0.3) is 0 Å². The highest BCUT2D eigenvalue weighted by Crippen LogP contribution is 2.18. The van der Waals surface area contributed by atoms with Crippen molar-refractivity contribution in [3.05, 3.63) is 35.9 Å². The zero-order valence-corrected chi connectivity index (χ0v) is 13.1. The van der Waals surface area contributed by atoms with Gasteiger partial charge in [-0.05, 0) is 32.5 Å².